The number of guanidine groups is 1. The van der Waals surface area contributed by atoms with Crippen molar-refractivity contribution in [2.45, 2.75) is 39.5 Å². The number of hydrogen-bond donors (Lipinski definition) is 2. The minimum absolute atomic E-state index is 0. The first kappa shape index (κ1) is 23.0. The van der Waals surface area contributed by atoms with Crippen molar-refractivity contribution < 1.29 is 4.74 Å². The SMILES string of the molecule is CCNC(=NCCCN1CCCC1)NCCc1cc(C)ccc1OC.I. The van der Waals surface area contributed by atoms with Gasteiger partial charge in [-0.05, 0) is 70.8 Å². The monoisotopic (exact) mass is 474 g/mol. The molecular formula is C20H35IN4O. The Morgan fingerprint density at radius 1 is 1.23 bits per heavy atom. The van der Waals surface area contributed by atoms with Gasteiger partial charge in [-0.25, -0.2) is 0 Å². The molecule has 0 bridgehead atoms. The highest BCUT2D eigenvalue weighted by Crippen LogP contribution is 2.19. The number of aryl methyl sites for hydroxylation is 1. The van der Waals surface area contributed by atoms with Crippen LogP contribution in [-0.4, -0.2) is 57.2 Å². The minimum Gasteiger partial charge on any atom is -0.496 e. The third kappa shape index (κ3) is 8.12. The Morgan fingerprint density at radius 3 is 2.69 bits per heavy atom. The summed E-state index contributed by atoms with van der Waals surface area (Å²) in [6.07, 6.45) is 4.76. The van der Waals surface area contributed by atoms with Crippen LogP contribution in [0.2, 0.25) is 0 Å². The van der Waals surface area contributed by atoms with Gasteiger partial charge in [-0.3, -0.25) is 4.99 Å². The van der Waals surface area contributed by atoms with Crippen LogP contribution in [0, 0.1) is 6.92 Å². The number of hydrogen-bond acceptors (Lipinski definition) is 3. The van der Waals surface area contributed by atoms with E-state index in [0.29, 0.717) is 0 Å². The van der Waals surface area contributed by atoms with Gasteiger partial charge in [0.1, 0.15) is 5.75 Å². The molecule has 0 aliphatic carbocycles. The number of aliphatic imine (C=N–C) groups is 1. The molecule has 0 atom stereocenters. The Balaban J connectivity index is 0.00000338. The summed E-state index contributed by atoms with van der Waals surface area (Å²) >= 11 is 0. The highest BCUT2D eigenvalue weighted by Gasteiger charge is 2.10. The lowest BCUT2D eigenvalue weighted by Gasteiger charge is -2.15. The first-order valence-electron chi connectivity index (χ1n) is 9.61. The average Bonchev–Trinajstić information content (AvgIpc) is 3.12. The molecule has 1 aromatic rings. The highest BCUT2D eigenvalue weighted by atomic mass is 127. The highest BCUT2D eigenvalue weighted by molar-refractivity contribution is 14.0. The van der Waals surface area contributed by atoms with Crippen molar-refractivity contribution in [1.29, 1.82) is 0 Å². The van der Waals surface area contributed by atoms with Gasteiger partial charge in [0.15, 0.2) is 5.96 Å². The summed E-state index contributed by atoms with van der Waals surface area (Å²) in [5.41, 5.74) is 2.50. The first-order valence-corrected chi connectivity index (χ1v) is 9.61. The maximum Gasteiger partial charge on any atom is 0.191 e. The predicted molar refractivity (Wildman–Crippen MR) is 121 cm³/mol. The van der Waals surface area contributed by atoms with Crippen LogP contribution >= 0.6 is 24.0 Å². The summed E-state index contributed by atoms with van der Waals surface area (Å²) in [6.45, 7) is 10.5. The molecule has 2 N–H and O–H groups in total. The van der Waals surface area contributed by atoms with Crippen LogP contribution in [-0.2, 0) is 6.42 Å². The Morgan fingerprint density at radius 2 is 2.00 bits per heavy atom. The zero-order valence-corrected chi connectivity index (χ0v) is 18.8. The Bertz CT molecular complexity index is 545. The zero-order chi connectivity index (χ0) is 17.9. The molecule has 1 heterocycles. The predicted octanol–water partition coefficient (Wildman–Crippen LogP) is 3.21. The lowest BCUT2D eigenvalue weighted by atomic mass is 10.1. The molecule has 5 nitrogen and oxygen atoms in total. The molecule has 0 spiro atoms. The fourth-order valence-corrected chi connectivity index (χ4v) is 3.25. The van der Waals surface area contributed by atoms with Crippen LogP contribution in [0.1, 0.15) is 37.3 Å². The number of likely N-dealkylation sites (tertiary alicyclic amines) is 1. The summed E-state index contributed by atoms with van der Waals surface area (Å²) in [4.78, 5) is 7.24. The van der Waals surface area contributed by atoms with E-state index < -0.39 is 0 Å². The van der Waals surface area contributed by atoms with Crippen molar-refractivity contribution in [3.8, 4) is 5.75 Å². The van der Waals surface area contributed by atoms with Crippen LogP contribution in [0.15, 0.2) is 23.2 Å². The maximum atomic E-state index is 5.46. The van der Waals surface area contributed by atoms with E-state index in [1.807, 2.05) is 6.07 Å². The average molecular weight is 474 g/mol. The van der Waals surface area contributed by atoms with Crippen LogP contribution < -0.4 is 15.4 Å². The van der Waals surface area contributed by atoms with Crippen molar-refractivity contribution in [3.05, 3.63) is 29.3 Å². The quantitative estimate of drug-likeness (QED) is 0.250. The lowest BCUT2D eigenvalue weighted by Crippen LogP contribution is -2.38. The van der Waals surface area contributed by atoms with Gasteiger partial charge in [-0.2, -0.15) is 0 Å². The molecule has 1 aliphatic rings. The minimum atomic E-state index is 0. The van der Waals surface area contributed by atoms with Crippen molar-refractivity contribution in [1.82, 2.24) is 15.5 Å². The molecule has 1 aliphatic heterocycles. The van der Waals surface area contributed by atoms with Gasteiger partial charge in [0.2, 0.25) is 0 Å². The first-order chi connectivity index (χ1) is 12.2. The standard InChI is InChI=1S/C20H34N4O.HI/c1-4-21-20(22-11-7-15-24-13-5-6-14-24)23-12-10-18-16-17(2)8-9-19(18)25-3;/h8-9,16H,4-7,10-15H2,1-3H3,(H2,21,22,23);1H. The smallest absolute Gasteiger partial charge is 0.191 e. The molecule has 1 saturated heterocycles. The van der Waals surface area contributed by atoms with Gasteiger partial charge in [0.25, 0.3) is 0 Å². The van der Waals surface area contributed by atoms with Crippen molar-refractivity contribution >= 4 is 29.9 Å². The Kier molecular flexibility index (Phi) is 11.7. The molecule has 0 radical (unpaired) electrons. The Hall–Kier alpha value is -1.02. The number of benzene rings is 1. The molecule has 1 aromatic carbocycles. The number of halogens is 1. The number of nitrogens with one attached hydrogen (secondary N) is 2. The summed E-state index contributed by atoms with van der Waals surface area (Å²) < 4.78 is 5.46. The normalized spacial score (nSPS) is 14.8. The topological polar surface area (TPSA) is 48.9 Å². The maximum absolute atomic E-state index is 5.46. The fourth-order valence-electron chi connectivity index (χ4n) is 3.25. The second-order valence-corrected chi connectivity index (χ2v) is 6.66. The van der Waals surface area contributed by atoms with E-state index >= 15 is 0 Å². The molecule has 148 valence electrons. The van der Waals surface area contributed by atoms with Crippen molar-refractivity contribution in [2.75, 3.05) is 46.4 Å². The van der Waals surface area contributed by atoms with E-state index in [-0.39, 0.29) is 24.0 Å². The van der Waals surface area contributed by atoms with Crippen LogP contribution in [0.25, 0.3) is 0 Å². The van der Waals surface area contributed by atoms with Gasteiger partial charge < -0.3 is 20.3 Å². The summed E-state index contributed by atoms with van der Waals surface area (Å²) in [7, 11) is 1.73. The van der Waals surface area contributed by atoms with Crippen molar-refractivity contribution in [2.24, 2.45) is 4.99 Å². The largest absolute Gasteiger partial charge is 0.496 e. The van der Waals surface area contributed by atoms with Crippen LogP contribution in [0.3, 0.4) is 0 Å². The number of ether oxygens (including phenoxy) is 1. The van der Waals surface area contributed by atoms with Gasteiger partial charge in [-0.1, -0.05) is 17.7 Å². The summed E-state index contributed by atoms with van der Waals surface area (Å²) in [6, 6.07) is 6.32. The van der Waals surface area contributed by atoms with E-state index in [2.05, 4.69) is 41.5 Å². The van der Waals surface area contributed by atoms with Gasteiger partial charge in [0.05, 0.1) is 7.11 Å². The molecule has 0 amide bonds. The van der Waals surface area contributed by atoms with Crippen molar-refractivity contribution in [3.63, 3.8) is 0 Å². The second kappa shape index (κ2) is 13.2. The molecule has 0 aromatic heterocycles. The van der Waals surface area contributed by atoms with Crippen LogP contribution in [0.4, 0.5) is 0 Å². The van der Waals surface area contributed by atoms with Gasteiger partial charge >= 0.3 is 0 Å². The van der Waals surface area contributed by atoms with E-state index in [9.17, 15) is 0 Å². The summed E-state index contributed by atoms with van der Waals surface area (Å²) in [5, 5.41) is 6.77. The number of nitrogens with zero attached hydrogens (tertiary/aromatic N) is 2. The van der Waals surface area contributed by atoms with E-state index in [1.54, 1.807) is 7.11 Å². The summed E-state index contributed by atoms with van der Waals surface area (Å²) in [5.74, 6) is 1.87. The third-order valence-corrected chi connectivity index (χ3v) is 4.57. The van der Waals surface area contributed by atoms with E-state index in [4.69, 9.17) is 9.73 Å². The van der Waals surface area contributed by atoms with Crippen LogP contribution in [0.5, 0.6) is 5.75 Å². The molecule has 1 fully saturated rings. The third-order valence-electron chi connectivity index (χ3n) is 4.57. The molecule has 0 saturated carbocycles. The number of rotatable bonds is 9. The lowest BCUT2D eigenvalue weighted by molar-refractivity contribution is 0.336. The molecule has 0 unspecified atom stereocenters. The van der Waals surface area contributed by atoms with Gasteiger partial charge in [0, 0.05) is 19.6 Å². The molecular weight excluding hydrogens is 439 g/mol. The second-order valence-electron chi connectivity index (χ2n) is 6.66. The molecule has 2 rings (SSSR count). The van der Waals surface area contributed by atoms with E-state index in [0.717, 1.165) is 44.2 Å². The van der Waals surface area contributed by atoms with Gasteiger partial charge in [-0.15, -0.1) is 24.0 Å². The molecule has 26 heavy (non-hydrogen) atoms. The molecule has 6 heteroatoms. The zero-order valence-electron chi connectivity index (χ0n) is 16.5. The number of methoxy groups -OCH3 is 1. The van der Waals surface area contributed by atoms with E-state index in [1.165, 1.54) is 43.6 Å². The fraction of sp³-hybridized carbons (Fsp3) is 0.650. The Labute approximate surface area is 176 Å².